The fraction of sp³-hybridized carbons (Fsp3) is 0.600. The Morgan fingerprint density at radius 2 is 2.11 bits per heavy atom. The number of carbonyl (C=O) groups excluding carboxylic acids is 2. The van der Waals surface area contributed by atoms with Gasteiger partial charge in [0.15, 0.2) is 0 Å². The molecule has 0 amide bonds. The van der Waals surface area contributed by atoms with E-state index in [1.165, 1.54) is 0 Å². The van der Waals surface area contributed by atoms with Gasteiger partial charge in [0, 0.05) is 0 Å². The van der Waals surface area contributed by atoms with Crippen molar-refractivity contribution in [3.8, 4) is 0 Å². The lowest BCUT2D eigenvalue weighted by Crippen LogP contribution is -2.16. The van der Waals surface area contributed by atoms with Gasteiger partial charge in [0.2, 0.25) is 5.78 Å². The highest BCUT2D eigenvalue weighted by Crippen LogP contribution is 1.83. The molecule has 0 fully saturated rings. The van der Waals surface area contributed by atoms with E-state index in [4.69, 9.17) is 7.85 Å². The van der Waals surface area contributed by atoms with Gasteiger partial charge in [-0.2, -0.15) is 0 Å². The summed E-state index contributed by atoms with van der Waals surface area (Å²) in [6.45, 7) is 1.84. The molecule has 0 aliphatic carbocycles. The van der Waals surface area contributed by atoms with Crippen LogP contribution in [0, 0.1) is 0 Å². The molecule has 0 spiro atoms. The lowest BCUT2D eigenvalue weighted by atomic mass is 10.0. The molecule has 0 aromatic carbocycles. The van der Waals surface area contributed by atoms with Crippen molar-refractivity contribution in [3.63, 3.8) is 0 Å². The molecule has 0 unspecified atom stereocenters. The van der Waals surface area contributed by atoms with Crippen LogP contribution in [0.1, 0.15) is 6.92 Å². The summed E-state index contributed by atoms with van der Waals surface area (Å²) in [7, 11) is 4.85. The maximum absolute atomic E-state index is 10.3. The second-order valence-corrected chi connectivity index (χ2v) is 1.35. The van der Waals surface area contributed by atoms with E-state index < -0.39 is 11.8 Å². The number of rotatable bonds is 3. The Balaban J connectivity index is 3.60. The first-order valence-corrected chi connectivity index (χ1v) is 2.62. The van der Waals surface area contributed by atoms with E-state index in [9.17, 15) is 9.59 Å². The van der Waals surface area contributed by atoms with Crippen molar-refractivity contribution < 1.29 is 14.3 Å². The summed E-state index contributed by atoms with van der Waals surface area (Å²) in [5.74, 6) is -1.53. The number of Topliss-reactive ketones (excluding diaryl/α,β-unsaturated/α-hetero) is 1. The highest BCUT2D eigenvalue weighted by Gasteiger charge is 2.09. The Morgan fingerprint density at radius 3 is 2.44 bits per heavy atom. The fourth-order valence-electron chi connectivity index (χ4n) is 0.295. The molecule has 0 aliphatic rings. The van der Waals surface area contributed by atoms with Crippen molar-refractivity contribution in [2.45, 2.75) is 13.2 Å². The second kappa shape index (κ2) is 4.12. The van der Waals surface area contributed by atoms with E-state index in [1.54, 1.807) is 6.92 Å². The SMILES string of the molecule is [B]CC(=O)C(=O)OCC. The molecule has 4 heteroatoms. The summed E-state index contributed by atoms with van der Waals surface area (Å²) in [6.07, 6.45) is -0.279. The number of carbonyl (C=O) groups is 2. The summed E-state index contributed by atoms with van der Waals surface area (Å²) >= 11 is 0. The maximum Gasteiger partial charge on any atom is 0.373 e. The highest BCUT2D eigenvalue weighted by molar-refractivity contribution is 6.42. The molecule has 3 nitrogen and oxygen atoms in total. The number of esters is 1. The predicted molar refractivity (Wildman–Crippen MR) is 32.2 cm³/mol. The van der Waals surface area contributed by atoms with Crippen molar-refractivity contribution in [1.29, 1.82) is 0 Å². The molecule has 0 aliphatic heterocycles. The Hall–Kier alpha value is -0.795. The Kier molecular flexibility index (Phi) is 3.76. The van der Waals surface area contributed by atoms with Crippen molar-refractivity contribution in [3.05, 3.63) is 0 Å². The van der Waals surface area contributed by atoms with Gasteiger partial charge in [-0.15, -0.1) is 0 Å². The summed E-state index contributed by atoms with van der Waals surface area (Å²) in [4.78, 5) is 20.6. The third-order valence-electron chi connectivity index (χ3n) is 0.688. The van der Waals surface area contributed by atoms with Crippen LogP contribution in [0.5, 0.6) is 0 Å². The zero-order valence-corrected chi connectivity index (χ0v) is 5.22. The van der Waals surface area contributed by atoms with Gasteiger partial charge >= 0.3 is 5.97 Å². The quantitative estimate of drug-likeness (QED) is 0.296. The van der Waals surface area contributed by atoms with Crippen LogP contribution in [-0.4, -0.2) is 26.2 Å². The zero-order valence-electron chi connectivity index (χ0n) is 5.22. The molecule has 0 heterocycles. The van der Waals surface area contributed by atoms with Crippen molar-refractivity contribution in [2.75, 3.05) is 6.61 Å². The molecule has 0 aromatic heterocycles. The lowest BCUT2D eigenvalue weighted by Gasteiger charge is -1.95. The minimum atomic E-state index is -0.847. The van der Waals surface area contributed by atoms with Crippen LogP contribution in [0.4, 0.5) is 0 Å². The maximum atomic E-state index is 10.3. The van der Waals surface area contributed by atoms with E-state index in [1.807, 2.05) is 0 Å². The Labute approximate surface area is 54.8 Å². The van der Waals surface area contributed by atoms with Crippen molar-refractivity contribution in [1.82, 2.24) is 0 Å². The average Bonchev–Trinajstić information content (AvgIpc) is 1.87. The van der Waals surface area contributed by atoms with E-state index in [0.717, 1.165) is 0 Å². The van der Waals surface area contributed by atoms with Crippen molar-refractivity contribution in [2.24, 2.45) is 0 Å². The molecule has 48 valence electrons. The summed E-state index contributed by atoms with van der Waals surface area (Å²) in [5.41, 5.74) is 0. The second-order valence-electron chi connectivity index (χ2n) is 1.35. The molecule has 9 heavy (non-hydrogen) atoms. The minimum absolute atomic E-state index is 0.213. The van der Waals surface area contributed by atoms with Crippen LogP contribution < -0.4 is 0 Å². The number of ether oxygens (including phenoxy) is 1. The molecule has 0 bridgehead atoms. The van der Waals surface area contributed by atoms with Crippen molar-refractivity contribution >= 4 is 19.6 Å². The number of hydrogen-bond donors (Lipinski definition) is 0. The first kappa shape index (κ1) is 8.20. The Bertz CT molecular complexity index is 121. The fourth-order valence-corrected chi connectivity index (χ4v) is 0.295. The van der Waals surface area contributed by atoms with Crippen LogP contribution in [0.2, 0.25) is 6.32 Å². The molecule has 0 atom stereocenters. The normalized spacial score (nSPS) is 8.56. The van der Waals surface area contributed by atoms with E-state index >= 15 is 0 Å². The van der Waals surface area contributed by atoms with Crippen LogP contribution in [0.3, 0.4) is 0 Å². The van der Waals surface area contributed by atoms with E-state index in [2.05, 4.69) is 4.74 Å². The lowest BCUT2D eigenvalue weighted by molar-refractivity contribution is -0.152. The van der Waals surface area contributed by atoms with Crippen LogP contribution in [0.25, 0.3) is 0 Å². The Morgan fingerprint density at radius 1 is 1.56 bits per heavy atom. The molecule has 0 saturated carbocycles. The third kappa shape index (κ3) is 2.90. The standard InChI is InChI=1S/C5H7BO3/c1-2-9-5(8)4(7)3-6/h2-3H2,1H3. The van der Waals surface area contributed by atoms with Gasteiger partial charge in [-0.3, -0.25) is 4.79 Å². The first-order chi connectivity index (χ1) is 4.22. The van der Waals surface area contributed by atoms with Gasteiger partial charge in [0.05, 0.1) is 14.5 Å². The van der Waals surface area contributed by atoms with Gasteiger partial charge in [0.1, 0.15) is 0 Å². The zero-order chi connectivity index (χ0) is 7.28. The largest absolute Gasteiger partial charge is 0.460 e. The van der Waals surface area contributed by atoms with Crippen LogP contribution in [-0.2, 0) is 14.3 Å². The highest BCUT2D eigenvalue weighted by atomic mass is 16.5. The van der Waals surface area contributed by atoms with Gasteiger partial charge < -0.3 is 4.74 Å². The van der Waals surface area contributed by atoms with Gasteiger partial charge in [-0.25, -0.2) is 4.79 Å². The van der Waals surface area contributed by atoms with E-state index in [0.29, 0.717) is 0 Å². The van der Waals surface area contributed by atoms with Crippen LogP contribution >= 0.6 is 0 Å². The molecule has 0 saturated heterocycles. The summed E-state index contributed by atoms with van der Waals surface area (Å²) in [6, 6.07) is 0. The average molecular weight is 126 g/mol. The first-order valence-electron chi connectivity index (χ1n) is 2.62. The monoisotopic (exact) mass is 126 g/mol. The molecular weight excluding hydrogens is 119 g/mol. The summed E-state index contributed by atoms with van der Waals surface area (Å²) < 4.78 is 4.33. The van der Waals surface area contributed by atoms with Gasteiger partial charge in [-0.1, -0.05) is 0 Å². The molecular formula is C5H7BO3. The van der Waals surface area contributed by atoms with Gasteiger partial charge in [0.25, 0.3) is 0 Å². The van der Waals surface area contributed by atoms with Gasteiger partial charge in [-0.05, 0) is 13.2 Å². The smallest absolute Gasteiger partial charge is 0.373 e. The van der Waals surface area contributed by atoms with E-state index in [-0.39, 0.29) is 12.9 Å². The van der Waals surface area contributed by atoms with Crippen LogP contribution in [0.15, 0.2) is 0 Å². The molecule has 0 N–H and O–H groups in total. The molecule has 0 aromatic rings. The number of hydrogen-bond acceptors (Lipinski definition) is 3. The molecule has 0 rings (SSSR count). The minimum Gasteiger partial charge on any atom is -0.460 e. The predicted octanol–water partition coefficient (Wildman–Crippen LogP) is -0.295. The number of ketones is 1. The third-order valence-corrected chi connectivity index (χ3v) is 0.688. The molecule has 2 radical (unpaired) electrons. The summed E-state index contributed by atoms with van der Waals surface area (Å²) in [5, 5.41) is 0. The topological polar surface area (TPSA) is 43.4 Å².